The summed E-state index contributed by atoms with van der Waals surface area (Å²) >= 11 is 0. The van der Waals surface area contributed by atoms with E-state index in [1.54, 1.807) is 7.05 Å². The standard InChI is InChI=1S/C28H31N5O/c1-31-27(30)22-9-8-21-15-26(28(34)32-24-12-10-23(29)11-13-24)33(25(21)16-22)17-18-6-7-19-4-2-3-5-20(19)14-18/h2-9,14-16,23-24H,10-13,17,29H2,1H3,(H2,30,31)(H,32,34)/t23-,24-. The average Bonchev–Trinajstić information content (AvgIpc) is 3.22. The Morgan fingerprint density at radius 2 is 1.71 bits per heavy atom. The van der Waals surface area contributed by atoms with Crippen molar-refractivity contribution < 1.29 is 4.79 Å². The molecule has 0 saturated heterocycles. The van der Waals surface area contributed by atoms with Crippen molar-refractivity contribution in [3.05, 3.63) is 83.6 Å². The van der Waals surface area contributed by atoms with Crippen molar-refractivity contribution in [3.8, 4) is 0 Å². The van der Waals surface area contributed by atoms with E-state index in [9.17, 15) is 4.79 Å². The molecule has 6 nitrogen and oxygen atoms in total. The minimum absolute atomic E-state index is 0.0531. The van der Waals surface area contributed by atoms with E-state index in [1.165, 1.54) is 10.8 Å². The predicted octanol–water partition coefficient (Wildman–Crippen LogP) is 4.39. The zero-order chi connectivity index (χ0) is 23.7. The number of hydrogen-bond donors (Lipinski definition) is 4. The first-order valence-electron chi connectivity index (χ1n) is 12.0. The van der Waals surface area contributed by atoms with Crippen LogP contribution in [0.3, 0.4) is 0 Å². The van der Waals surface area contributed by atoms with Crippen LogP contribution in [0.2, 0.25) is 0 Å². The maximum Gasteiger partial charge on any atom is 0.268 e. The Labute approximate surface area is 199 Å². The quantitative estimate of drug-likeness (QED) is 0.267. The van der Waals surface area contributed by atoms with Gasteiger partial charge < -0.3 is 20.9 Å². The van der Waals surface area contributed by atoms with E-state index in [2.05, 4.69) is 45.5 Å². The first kappa shape index (κ1) is 22.2. The molecule has 0 aliphatic heterocycles. The number of rotatable bonds is 5. The third-order valence-corrected chi connectivity index (χ3v) is 6.94. The molecule has 5 rings (SSSR count). The lowest BCUT2D eigenvalue weighted by atomic mass is 9.92. The number of carbonyl (C=O) groups excluding carboxylic acids is 1. The Hall–Kier alpha value is -3.64. The zero-order valence-electron chi connectivity index (χ0n) is 19.5. The van der Waals surface area contributed by atoms with Gasteiger partial charge in [0.15, 0.2) is 0 Å². The average molecular weight is 454 g/mol. The molecule has 1 saturated carbocycles. The van der Waals surface area contributed by atoms with E-state index in [0.717, 1.165) is 47.7 Å². The zero-order valence-corrected chi connectivity index (χ0v) is 19.5. The van der Waals surface area contributed by atoms with Gasteiger partial charge in [-0.05, 0) is 60.2 Å². The molecule has 1 aromatic heterocycles. The second-order valence-corrected chi connectivity index (χ2v) is 9.28. The van der Waals surface area contributed by atoms with Crippen LogP contribution >= 0.6 is 0 Å². The molecule has 5 N–H and O–H groups in total. The Morgan fingerprint density at radius 1 is 0.971 bits per heavy atom. The number of aromatic nitrogens is 1. The van der Waals surface area contributed by atoms with Crippen molar-refractivity contribution in [2.45, 2.75) is 44.3 Å². The van der Waals surface area contributed by atoms with Crippen LogP contribution in [0.4, 0.5) is 0 Å². The number of carbonyl (C=O) groups is 1. The van der Waals surface area contributed by atoms with E-state index in [-0.39, 0.29) is 18.0 Å². The maximum atomic E-state index is 13.4. The summed E-state index contributed by atoms with van der Waals surface area (Å²) in [6.45, 7) is 0.572. The fourth-order valence-corrected chi connectivity index (χ4v) is 4.96. The van der Waals surface area contributed by atoms with Crippen LogP contribution in [0.15, 0.2) is 66.7 Å². The SMILES string of the molecule is CNC(=N)c1ccc2cc(C(=O)N[C@H]3CC[C@H](N)CC3)n(Cc3ccc4ccccc4c3)c2c1. The van der Waals surface area contributed by atoms with Gasteiger partial charge in [-0.3, -0.25) is 10.2 Å². The Bertz CT molecular complexity index is 1360. The van der Waals surface area contributed by atoms with Gasteiger partial charge in [0.05, 0.1) is 0 Å². The maximum absolute atomic E-state index is 13.4. The Balaban J connectivity index is 1.54. The van der Waals surface area contributed by atoms with E-state index >= 15 is 0 Å². The first-order valence-corrected chi connectivity index (χ1v) is 12.0. The summed E-state index contributed by atoms with van der Waals surface area (Å²) in [6.07, 6.45) is 3.73. The van der Waals surface area contributed by atoms with Gasteiger partial charge in [-0.2, -0.15) is 0 Å². The summed E-state index contributed by atoms with van der Waals surface area (Å²) in [6, 6.07) is 23.0. The van der Waals surface area contributed by atoms with Crippen molar-refractivity contribution in [2.24, 2.45) is 5.73 Å². The summed E-state index contributed by atoms with van der Waals surface area (Å²) in [5.74, 6) is 0.299. The normalized spacial score (nSPS) is 18.2. The van der Waals surface area contributed by atoms with Gasteiger partial charge in [-0.1, -0.05) is 48.5 Å². The lowest BCUT2D eigenvalue weighted by Crippen LogP contribution is -2.41. The van der Waals surface area contributed by atoms with Crippen molar-refractivity contribution in [3.63, 3.8) is 0 Å². The Kier molecular flexibility index (Phi) is 6.07. The number of amidine groups is 1. The van der Waals surface area contributed by atoms with E-state index in [1.807, 2.05) is 36.4 Å². The molecular formula is C28H31N5O. The van der Waals surface area contributed by atoms with Gasteiger partial charge in [-0.25, -0.2) is 0 Å². The highest BCUT2D eigenvalue weighted by atomic mass is 16.2. The first-order chi connectivity index (χ1) is 16.5. The van der Waals surface area contributed by atoms with Crippen LogP contribution in [0.1, 0.15) is 47.3 Å². The third kappa shape index (κ3) is 4.41. The molecular weight excluding hydrogens is 422 g/mol. The molecule has 174 valence electrons. The summed E-state index contributed by atoms with van der Waals surface area (Å²) in [4.78, 5) is 13.4. The number of nitrogens with zero attached hydrogens (tertiary/aromatic N) is 1. The topological polar surface area (TPSA) is 95.9 Å². The summed E-state index contributed by atoms with van der Waals surface area (Å²) < 4.78 is 2.08. The van der Waals surface area contributed by atoms with Gasteiger partial charge in [0.25, 0.3) is 5.91 Å². The monoisotopic (exact) mass is 453 g/mol. The number of benzene rings is 3. The highest BCUT2D eigenvalue weighted by molar-refractivity contribution is 6.03. The van der Waals surface area contributed by atoms with Crippen molar-refractivity contribution in [1.82, 2.24) is 15.2 Å². The molecule has 3 aromatic carbocycles. The fourth-order valence-electron chi connectivity index (χ4n) is 4.96. The number of amides is 1. The molecule has 0 atom stereocenters. The summed E-state index contributed by atoms with van der Waals surface area (Å²) in [7, 11) is 1.75. The molecule has 0 radical (unpaired) electrons. The summed E-state index contributed by atoms with van der Waals surface area (Å²) in [5.41, 5.74) is 9.56. The molecule has 34 heavy (non-hydrogen) atoms. The van der Waals surface area contributed by atoms with Gasteiger partial charge in [0.2, 0.25) is 0 Å². The van der Waals surface area contributed by atoms with Crippen molar-refractivity contribution >= 4 is 33.4 Å². The van der Waals surface area contributed by atoms with Gasteiger partial charge in [-0.15, -0.1) is 0 Å². The van der Waals surface area contributed by atoms with Crippen LogP contribution in [0, 0.1) is 5.41 Å². The third-order valence-electron chi connectivity index (χ3n) is 6.94. The van der Waals surface area contributed by atoms with Crippen LogP contribution in [-0.2, 0) is 6.54 Å². The largest absolute Gasteiger partial charge is 0.373 e. The second-order valence-electron chi connectivity index (χ2n) is 9.28. The van der Waals surface area contributed by atoms with Crippen LogP contribution in [0.25, 0.3) is 21.7 Å². The van der Waals surface area contributed by atoms with E-state index in [4.69, 9.17) is 11.1 Å². The highest BCUT2D eigenvalue weighted by Gasteiger charge is 2.23. The number of hydrogen-bond acceptors (Lipinski definition) is 3. The van der Waals surface area contributed by atoms with Gasteiger partial charge >= 0.3 is 0 Å². The lowest BCUT2D eigenvalue weighted by Gasteiger charge is -2.27. The lowest BCUT2D eigenvalue weighted by molar-refractivity contribution is 0.0917. The number of nitrogens with two attached hydrogens (primary N) is 1. The molecule has 1 amide bonds. The molecule has 0 bridgehead atoms. The molecule has 0 unspecified atom stereocenters. The van der Waals surface area contributed by atoms with Crippen LogP contribution < -0.4 is 16.4 Å². The van der Waals surface area contributed by atoms with E-state index < -0.39 is 0 Å². The van der Waals surface area contributed by atoms with E-state index in [0.29, 0.717) is 18.1 Å². The van der Waals surface area contributed by atoms with Gasteiger partial charge in [0.1, 0.15) is 11.5 Å². The molecule has 0 spiro atoms. The number of nitrogens with one attached hydrogen (secondary N) is 3. The minimum atomic E-state index is -0.0531. The molecule has 1 fully saturated rings. The van der Waals surface area contributed by atoms with Gasteiger partial charge in [0, 0.05) is 42.1 Å². The molecule has 1 heterocycles. The predicted molar refractivity (Wildman–Crippen MR) is 139 cm³/mol. The molecule has 6 heteroatoms. The van der Waals surface area contributed by atoms with Crippen LogP contribution in [0.5, 0.6) is 0 Å². The highest BCUT2D eigenvalue weighted by Crippen LogP contribution is 2.25. The van der Waals surface area contributed by atoms with Crippen molar-refractivity contribution in [2.75, 3.05) is 7.05 Å². The van der Waals surface area contributed by atoms with Crippen molar-refractivity contribution in [1.29, 1.82) is 5.41 Å². The molecule has 4 aromatic rings. The molecule has 1 aliphatic carbocycles. The smallest absolute Gasteiger partial charge is 0.268 e. The summed E-state index contributed by atoms with van der Waals surface area (Å²) in [5, 5.41) is 17.7. The van der Waals surface area contributed by atoms with Crippen LogP contribution in [-0.4, -0.2) is 35.4 Å². The fraction of sp³-hybridized carbons (Fsp3) is 0.286. The minimum Gasteiger partial charge on any atom is -0.373 e. The second kappa shape index (κ2) is 9.31. The number of fused-ring (bicyclic) bond motifs is 2. The molecule has 1 aliphatic rings. The Morgan fingerprint density at radius 3 is 2.47 bits per heavy atom.